The molecule has 4 heteroatoms. The van der Waals surface area contributed by atoms with Crippen LogP contribution < -0.4 is 10.2 Å². The minimum Gasteiger partial charge on any atom is -0.379 e. The van der Waals surface area contributed by atoms with Gasteiger partial charge in [-0.25, -0.2) is 4.98 Å². The molecule has 1 aliphatic rings. The Kier molecular flexibility index (Phi) is 6.46. The van der Waals surface area contributed by atoms with Crippen LogP contribution in [0.5, 0.6) is 0 Å². The Hall–Kier alpha value is -1.13. The second-order valence-electron chi connectivity index (χ2n) is 6.49. The maximum Gasteiger partial charge on any atom is 0.128 e. The van der Waals surface area contributed by atoms with Crippen molar-refractivity contribution < 1.29 is 4.74 Å². The minimum atomic E-state index is 0.680. The third-order valence-electron chi connectivity index (χ3n) is 3.70. The Morgan fingerprint density at radius 1 is 1.38 bits per heavy atom. The van der Waals surface area contributed by atoms with E-state index in [1.807, 2.05) is 6.20 Å². The van der Waals surface area contributed by atoms with Crippen LogP contribution in [0.25, 0.3) is 0 Å². The van der Waals surface area contributed by atoms with Gasteiger partial charge in [0.15, 0.2) is 0 Å². The SMILES string of the molecule is CC(C)CNCc1ccc(N(C)CCOCC2CC2)nc1. The van der Waals surface area contributed by atoms with E-state index in [2.05, 4.69) is 48.2 Å². The van der Waals surface area contributed by atoms with Crippen molar-refractivity contribution in [3.05, 3.63) is 23.9 Å². The Morgan fingerprint density at radius 2 is 2.19 bits per heavy atom. The van der Waals surface area contributed by atoms with Gasteiger partial charge >= 0.3 is 0 Å². The molecule has 0 saturated heterocycles. The molecule has 4 nitrogen and oxygen atoms in total. The summed E-state index contributed by atoms with van der Waals surface area (Å²) in [5, 5.41) is 3.43. The van der Waals surface area contributed by atoms with Gasteiger partial charge in [-0.3, -0.25) is 0 Å². The first-order valence-electron chi connectivity index (χ1n) is 8.09. The molecular formula is C17H29N3O. The van der Waals surface area contributed by atoms with Gasteiger partial charge in [0.25, 0.3) is 0 Å². The van der Waals surface area contributed by atoms with Crippen molar-refractivity contribution in [1.29, 1.82) is 0 Å². The first kappa shape index (κ1) is 16.2. The lowest BCUT2D eigenvalue weighted by Gasteiger charge is -2.18. The molecule has 0 amide bonds. The molecule has 1 aromatic rings. The first-order chi connectivity index (χ1) is 10.1. The highest BCUT2D eigenvalue weighted by Crippen LogP contribution is 2.28. The lowest BCUT2D eigenvalue weighted by atomic mass is 10.2. The third-order valence-corrected chi connectivity index (χ3v) is 3.70. The van der Waals surface area contributed by atoms with E-state index in [1.54, 1.807) is 0 Å². The maximum absolute atomic E-state index is 5.67. The van der Waals surface area contributed by atoms with Gasteiger partial charge in [0.1, 0.15) is 5.82 Å². The second kappa shape index (κ2) is 8.35. The van der Waals surface area contributed by atoms with E-state index in [1.165, 1.54) is 18.4 Å². The van der Waals surface area contributed by atoms with E-state index in [9.17, 15) is 0 Å². The van der Waals surface area contributed by atoms with Crippen LogP contribution >= 0.6 is 0 Å². The molecule has 1 N–H and O–H groups in total. The van der Waals surface area contributed by atoms with Crippen LogP contribution in [-0.2, 0) is 11.3 Å². The summed E-state index contributed by atoms with van der Waals surface area (Å²) in [6.07, 6.45) is 4.66. The lowest BCUT2D eigenvalue weighted by Crippen LogP contribution is -2.24. The summed E-state index contributed by atoms with van der Waals surface area (Å²) in [6, 6.07) is 4.24. The van der Waals surface area contributed by atoms with Crippen LogP contribution in [0, 0.1) is 11.8 Å². The summed E-state index contributed by atoms with van der Waals surface area (Å²) < 4.78 is 5.67. The number of anilines is 1. The molecule has 0 bridgehead atoms. The van der Waals surface area contributed by atoms with Gasteiger partial charge in [-0.15, -0.1) is 0 Å². The average molecular weight is 291 g/mol. The molecule has 2 rings (SSSR count). The molecule has 0 unspecified atom stereocenters. The molecule has 21 heavy (non-hydrogen) atoms. The number of hydrogen-bond donors (Lipinski definition) is 1. The van der Waals surface area contributed by atoms with E-state index in [0.29, 0.717) is 5.92 Å². The molecule has 0 radical (unpaired) electrons. The Bertz CT molecular complexity index is 401. The van der Waals surface area contributed by atoms with E-state index >= 15 is 0 Å². The van der Waals surface area contributed by atoms with Crippen LogP contribution in [0.3, 0.4) is 0 Å². The zero-order chi connectivity index (χ0) is 15.1. The van der Waals surface area contributed by atoms with Gasteiger partial charge < -0.3 is 15.0 Å². The maximum atomic E-state index is 5.67. The van der Waals surface area contributed by atoms with E-state index in [-0.39, 0.29) is 0 Å². The molecule has 1 aromatic heterocycles. The Morgan fingerprint density at radius 3 is 2.81 bits per heavy atom. The van der Waals surface area contributed by atoms with Crippen LogP contribution in [0.1, 0.15) is 32.3 Å². The summed E-state index contributed by atoms with van der Waals surface area (Å²) in [4.78, 5) is 6.68. The fraction of sp³-hybridized carbons (Fsp3) is 0.706. The van der Waals surface area contributed by atoms with Crippen LogP contribution in [0.2, 0.25) is 0 Å². The zero-order valence-electron chi connectivity index (χ0n) is 13.6. The quantitative estimate of drug-likeness (QED) is 0.673. The van der Waals surface area contributed by atoms with E-state index < -0.39 is 0 Å². The number of pyridine rings is 1. The highest BCUT2D eigenvalue weighted by molar-refractivity contribution is 5.38. The number of aromatic nitrogens is 1. The largest absolute Gasteiger partial charge is 0.379 e. The van der Waals surface area contributed by atoms with Crippen molar-refractivity contribution in [3.63, 3.8) is 0 Å². The van der Waals surface area contributed by atoms with Crippen LogP contribution in [-0.4, -0.2) is 38.3 Å². The highest BCUT2D eigenvalue weighted by atomic mass is 16.5. The van der Waals surface area contributed by atoms with Crippen molar-refractivity contribution in [2.24, 2.45) is 11.8 Å². The number of hydrogen-bond acceptors (Lipinski definition) is 4. The summed E-state index contributed by atoms with van der Waals surface area (Å²) in [6.45, 7) is 8.97. The molecule has 1 fully saturated rings. The second-order valence-corrected chi connectivity index (χ2v) is 6.49. The van der Waals surface area contributed by atoms with Crippen LogP contribution in [0.15, 0.2) is 18.3 Å². The molecule has 1 aliphatic carbocycles. The van der Waals surface area contributed by atoms with Crippen molar-refractivity contribution in [3.8, 4) is 0 Å². The summed E-state index contributed by atoms with van der Waals surface area (Å²) in [5.41, 5.74) is 1.23. The average Bonchev–Trinajstić information content (AvgIpc) is 3.28. The number of likely N-dealkylation sites (N-methyl/N-ethyl adjacent to an activating group) is 1. The number of nitrogens with one attached hydrogen (secondary N) is 1. The van der Waals surface area contributed by atoms with Gasteiger partial charge in [0, 0.05) is 32.9 Å². The highest BCUT2D eigenvalue weighted by Gasteiger charge is 2.20. The molecule has 1 saturated carbocycles. The van der Waals surface area contributed by atoms with Gasteiger partial charge in [-0.2, -0.15) is 0 Å². The summed E-state index contributed by atoms with van der Waals surface area (Å²) >= 11 is 0. The minimum absolute atomic E-state index is 0.680. The lowest BCUT2D eigenvalue weighted by molar-refractivity contribution is 0.131. The molecule has 0 spiro atoms. The van der Waals surface area contributed by atoms with Crippen LogP contribution in [0.4, 0.5) is 5.82 Å². The van der Waals surface area contributed by atoms with Gasteiger partial charge in [0.2, 0.25) is 0 Å². The fourth-order valence-electron chi connectivity index (χ4n) is 2.10. The summed E-state index contributed by atoms with van der Waals surface area (Å²) in [5.74, 6) is 2.53. The number of ether oxygens (including phenoxy) is 1. The summed E-state index contributed by atoms with van der Waals surface area (Å²) in [7, 11) is 2.07. The molecule has 1 heterocycles. The standard InChI is InChI=1S/C17H29N3O/c1-14(2)10-18-11-16-6-7-17(19-12-16)20(3)8-9-21-13-15-4-5-15/h6-7,12,14-15,18H,4-5,8-11,13H2,1-3H3. The zero-order valence-corrected chi connectivity index (χ0v) is 13.6. The fourth-order valence-corrected chi connectivity index (χ4v) is 2.10. The van der Waals surface area contributed by atoms with Crippen molar-refractivity contribution in [2.75, 3.05) is 38.3 Å². The monoisotopic (exact) mass is 291 g/mol. The third kappa shape index (κ3) is 6.44. The topological polar surface area (TPSA) is 37.4 Å². The predicted octanol–water partition coefficient (Wildman–Crippen LogP) is 2.69. The van der Waals surface area contributed by atoms with Gasteiger partial charge in [-0.1, -0.05) is 19.9 Å². The number of nitrogens with zero attached hydrogens (tertiary/aromatic N) is 2. The first-order valence-corrected chi connectivity index (χ1v) is 8.09. The molecule has 0 atom stereocenters. The van der Waals surface area contributed by atoms with E-state index in [0.717, 1.165) is 44.6 Å². The molecule has 0 aliphatic heterocycles. The van der Waals surface area contributed by atoms with Gasteiger partial charge in [0.05, 0.1) is 6.61 Å². The van der Waals surface area contributed by atoms with Gasteiger partial charge in [-0.05, 0) is 42.9 Å². The Labute approximate surface area is 128 Å². The molecule has 0 aromatic carbocycles. The normalized spacial score (nSPS) is 14.7. The van der Waals surface area contributed by atoms with E-state index in [4.69, 9.17) is 4.74 Å². The Balaban J connectivity index is 1.66. The van der Waals surface area contributed by atoms with Crippen molar-refractivity contribution in [2.45, 2.75) is 33.2 Å². The smallest absolute Gasteiger partial charge is 0.128 e. The molecular weight excluding hydrogens is 262 g/mol. The molecule has 118 valence electrons. The van der Waals surface area contributed by atoms with Crippen molar-refractivity contribution >= 4 is 5.82 Å². The number of rotatable bonds is 10. The predicted molar refractivity (Wildman–Crippen MR) is 87.6 cm³/mol. The van der Waals surface area contributed by atoms with Crippen molar-refractivity contribution in [1.82, 2.24) is 10.3 Å².